The SMILES string of the molecule is CC[C@H](C(=O)NCCSCc1ccc(Cl)cc1Cl)N(c1ccccc1)S(C)(=O)=O. The van der Waals surface area contributed by atoms with E-state index in [9.17, 15) is 13.2 Å². The first kappa shape index (κ1) is 23.9. The predicted octanol–water partition coefficient (Wildman–Crippen LogP) is 4.59. The molecule has 0 radical (unpaired) electrons. The summed E-state index contributed by atoms with van der Waals surface area (Å²) in [5.74, 6) is 1.06. The van der Waals surface area contributed by atoms with Gasteiger partial charge in [0.25, 0.3) is 0 Å². The first-order valence-corrected chi connectivity index (χ1v) is 12.8. The van der Waals surface area contributed by atoms with Crippen LogP contribution >= 0.6 is 35.0 Å². The van der Waals surface area contributed by atoms with Gasteiger partial charge in [-0.05, 0) is 36.2 Å². The van der Waals surface area contributed by atoms with Crippen molar-refractivity contribution in [2.45, 2.75) is 25.1 Å². The van der Waals surface area contributed by atoms with Crippen molar-refractivity contribution in [2.24, 2.45) is 0 Å². The van der Waals surface area contributed by atoms with Crippen molar-refractivity contribution in [2.75, 3.05) is 22.9 Å². The summed E-state index contributed by atoms with van der Waals surface area (Å²) < 4.78 is 25.9. The van der Waals surface area contributed by atoms with Gasteiger partial charge >= 0.3 is 0 Å². The Kier molecular flexibility index (Phi) is 9.14. The van der Waals surface area contributed by atoms with Gasteiger partial charge < -0.3 is 5.32 Å². The number of anilines is 1. The zero-order valence-corrected chi connectivity index (χ0v) is 19.4. The first-order valence-electron chi connectivity index (χ1n) is 9.08. The van der Waals surface area contributed by atoms with Crippen molar-refractivity contribution < 1.29 is 13.2 Å². The monoisotopic (exact) mass is 474 g/mol. The molecular formula is C20H24Cl2N2O3S2. The van der Waals surface area contributed by atoms with E-state index in [4.69, 9.17) is 23.2 Å². The molecule has 0 bridgehead atoms. The number of sulfonamides is 1. The molecule has 0 aliphatic heterocycles. The largest absolute Gasteiger partial charge is 0.353 e. The minimum atomic E-state index is -3.61. The topological polar surface area (TPSA) is 66.5 Å². The van der Waals surface area contributed by atoms with Crippen molar-refractivity contribution in [3.05, 3.63) is 64.1 Å². The molecule has 1 N–H and O–H groups in total. The normalized spacial score (nSPS) is 12.4. The Hall–Kier alpha value is -1.41. The number of para-hydroxylation sites is 1. The van der Waals surface area contributed by atoms with Crippen LogP contribution in [0.5, 0.6) is 0 Å². The van der Waals surface area contributed by atoms with Gasteiger partial charge in [0.1, 0.15) is 6.04 Å². The summed E-state index contributed by atoms with van der Waals surface area (Å²) in [6.45, 7) is 2.22. The van der Waals surface area contributed by atoms with Crippen molar-refractivity contribution in [3.63, 3.8) is 0 Å². The first-order chi connectivity index (χ1) is 13.7. The summed E-state index contributed by atoms with van der Waals surface area (Å²) in [5, 5.41) is 4.06. The van der Waals surface area contributed by atoms with E-state index in [-0.39, 0.29) is 5.91 Å². The maximum absolute atomic E-state index is 12.7. The molecule has 0 saturated carbocycles. The third kappa shape index (κ3) is 7.10. The average Bonchev–Trinajstić information content (AvgIpc) is 2.66. The van der Waals surface area contributed by atoms with Crippen LogP contribution in [0, 0.1) is 0 Å². The molecule has 0 saturated heterocycles. The molecule has 0 unspecified atom stereocenters. The van der Waals surface area contributed by atoms with Crippen LogP contribution in [0.4, 0.5) is 5.69 Å². The molecule has 29 heavy (non-hydrogen) atoms. The molecule has 2 rings (SSSR count). The van der Waals surface area contributed by atoms with E-state index in [1.165, 1.54) is 4.31 Å². The third-order valence-electron chi connectivity index (χ3n) is 4.16. The number of carbonyl (C=O) groups is 1. The van der Waals surface area contributed by atoms with Crippen LogP contribution in [0.1, 0.15) is 18.9 Å². The number of hydrogen-bond acceptors (Lipinski definition) is 4. The fraction of sp³-hybridized carbons (Fsp3) is 0.350. The van der Waals surface area contributed by atoms with Crippen LogP contribution in [-0.4, -0.2) is 38.9 Å². The zero-order valence-electron chi connectivity index (χ0n) is 16.3. The highest BCUT2D eigenvalue weighted by Crippen LogP contribution is 2.25. The second-order valence-corrected chi connectivity index (χ2v) is 10.2. The van der Waals surface area contributed by atoms with Crippen molar-refractivity contribution in [1.82, 2.24) is 5.32 Å². The fourth-order valence-electron chi connectivity index (χ4n) is 2.82. The second-order valence-electron chi connectivity index (χ2n) is 6.40. The van der Waals surface area contributed by atoms with Gasteiger partial charge in [0.05, 0.1) is 11.9 Å². The smallest absolute Gasteiger partial charge is 0.243 e. The lowest BCUT2D eigenvalue weighted by molar-refractivity contribution is -0.122. The number of rotatable bonds is 10. The number of benzene rings is 2. The predicted molar refractivity (Wildman–Crippen MR) is 123 cm³/mol. The molecule has 9 heteroatoms. The highest BCUT2D eigenvalue weighted by Gasteiger charge is 2.31. The molecule has 0 fully saturated rings. The molecule has 5 nitrogen and oxygen atoms in total. The van der Waals surface area contributed by atoms with Gasteiger partial charge in [-0.25, -0.2) is 8.42 Å². The zero-order chi connectivity index (χ0) is 21.4. The Labute approximate surface area is 186 Å². The highest BCUT2D eigenvalue weighted by molar-refractivity contribution is 7.98. The molecule has 0 aliphatic rings. The van der Waals surface area contributed by atoms with Crippen molar-refractivity contribution >= 4 is 56.6 Å². The minimum Gasteiger partial charge on any atom is -0.353 e. The molecule has 0 spiro atoms. The van der Waals surface area contributed by atoms with Crippen LogP contribution < -0.4 is 9.62 Å². The summed E-state index contributed by atoms with van der Waals surface area (Å²) >= 11 is 13.7. The molecule has 2 aromatic rings. The van der Waals surface area contributed by atoms with E-state index in [2.05, 4.69) is 5.32 Å². The number of halogens is 2. The number of carbonyl (C=O) groups excluding carboxylic acids is 1. The highest BCUT2D eigenvalue weighted by atomic mass is 35.5. The maximum atomic E-state index is 12.7. The fourth-order valence-corrected chi connectivity index (χ4v) is 5.45. The van der Waals surface area contributed by atoms with Gasteiger partial charge in [0, 0.05) is 28.1 Å². The number of nitrogens with one attached hydrogen (secondary N) is 1. The van der Waals surface area contributed by atoms with E-state index in [0.717, 1.165) is 11.8 Å². The lowest BCUT2D eigenvalue weighted by Crippen LogP contribution is -2.49. The van der Waals surface area contributed by atoms with Crippen molar-refractivity contribution in [3.8, 4) is 0 Å². The Balaban J connectivity index is 1.93. The van der Waals surface area contributed by atoms with Crippen LogP contribution in [0.25, 0.3) is 0 Å². The second kappa shape index (κ2) is 11.1. The van der Waals surface area contributed by atoms with E-state index in [0.29, 0.717) is 40.2 Å². The number of amides is 1. The van der Waals surface area contributed by atoms with Gasteiger partial charge in [-0.15, -0.1) is 0 Å². The molecule has 158 valence electrons. The Morgan fingerprint density at radius 1 is 1.17 bits per heavy atom. The maximum Gasteiger partial charge on any atom is 0.243 e. The Bertz CT molecular complexity index is 925. The summed E-state index contributed by atoms with van der Waals surface area (Å²) in [7, 11) is -3.61. The molecule has 1 amide bonds. The lowest BCUT2D eigenvalue weighted by Gasteiger charge is -2.30. The van der Waals surface area contributed by atoms with Gasteiger partial charge in [0.2, 0.25) is 15.9 Å². The van der Waals surface area contributed by atoms with Gasteiger partial charge in [-0.1, -0.05) is 54.4 Å². The molecule has 0 aromatic heterocycles. The minimum absolute atomic E-state index is 0.313. The summed E-state index contributed by atoms with van der Waals surface area (Å²) in [4.78, 5) is 12.7. The molecule has 0 heterocycles. The van der Waals surface area contributed by atoms with E-state index < -0.39 is 16.1 Å². The summed E-state index contributed by atoms with van der Waals surface area (Å²) in [6.07, 6.45) is 1.48. The quantitative estimate of drug-likeness (QED) is 0.511. The van der Waals surface area contributed by atoms with Gasteiger partial charge in [-0.2, -0.15) is 11.8 Å². The van der Waals surface area contributed by atoms with Crippen LogP contribution in [0.15, 0.2) is 48.5 Å². The van der Waals surface area contributed by atoms with E-state index in [1.54, 1.807) is 61.2 Å². The number of nitrogens with zero attached hydrogens (tertiary/aromatic N) is 1. The Morgan fingerprint density at radius 2 is 1.86 bits per heavy atom. The number of thioether (sulfide) groups is 1. The van der Waals surface area contributed by atoms with Crippen LogP contribution in [0.3, 0.4) is 0 Å². The van der Waals surface area contributed by atoms with Crippen LogP contribution in [0.2, 0.25) is 10.0 Å². The lowest BCUT2D eigenvalue weighted by atomic mass is 10.2. The molecular weight excluding hydrogens is 451 g/mol. The Morgan fingerprint density at radius 3 is 2.45 bits per heavy atom. The molecule has 1 atom stereocenters. The van der Waals surface area contributed by atoms with Gasteiger partial charge in [0.15, 0.2) is 0 Å². The molecule has 2 aromatic carbocycles. The van der Waals surface area contributed by atoms with Crippen LogP contribution in [-0.2, 0) is 20.6 Å². The third-order valence-corrected chi connectivity index (χ3v) is 6.93. The van der Waals surface area contributed by atoms with E-state index in [1.807, 2.05) is 6.07 Å². The average molecular weight is 475 g/mol. The summed E-state index contributed by atoms with van der Waals surface area (Å²) in [5.41, 5.74) is 1.45. The molecule has 0 aliphatic carbocycles. The van der Waals surface area contributed by atoms with Gasteiger partial charge in [-0.3, -0.25) is 9.10 Å². The summed E-state index contributed by atoms with van der Waals surface area (Å²) in [6, 6.07) is 13.2. The standard InChI is InChI=1S/C20H24Cl2N2O3S2/c1-3-19(24(29(2,26)27)17-7-5-4-6-8-17)20(25)23-11-12-28-14-15-9-10-16(21)13-18(15)22/h4-10,13,19H,3,11-12,14H2,1-2H3,(H,23,25)/t19-/m1/s1. The van der Waals surface area contributed by atoms with E-state index >= 15 is 0 Å². The van der Waals surface area contributed by atoms with Crippen molar-refractivity contribution in [1.29, 1.82) is 0 Å². The number of hydrogen-bond donors (Lipinski definition) is 1.